The van der Waals surface area contributed by atoms with Crippen LogP contribution < -0.4 is 11.1 Å². The molecule has 1 amide bonds. The van der Waals surface area contributed by atoms with Crippen LogP contribution in [0.4, 0.5) is 0 Å². The molecule has 3 saturated carbocycles. The minimum absolute atomic E-state index is 0. The minimum atomic E-state index is -0.113. The van der Waals surface area contributed by atoms with Gasteiger partial charge < -0.3 is 11.1 Å². The van der Waals surface area contributed by atoms with Crippen LogP contribution in [0.1, 0.15) is 51.4 Å². The summed E-state index contributed by atoms with van der Waals surface area (Å²) in [5, 5.41) is 3.12. The van der Waals surface area contributed by atoms with Gasteiger partial charge in [0.15, 0.2) is 0 Å². The average Bonchev–Trinajstić information content (AvgIpc) is 2.81. The average molecular weight is 273 g/mol. The summed E-state index contributed by atoms with van der Waals surface area (Å²) in [6.45, 7) is 0.696. The van der Waals surface area contributed by atoms with Crippen LogP contribution in [0.5, 0.6) is 0 Å². The number of hydrogen-bond donors (Lipinski definition) is 2. The lowest BCUT2D eigenvalue weighted by molar-refractivity contribution is -0.123. The van der Waals surface area contributed by atoms with E-state index in [0.717, 1.165) is 24.7 Å². The molecule has 3 rings (SSSR count). The second kappa shape index (κ2) is 5.38. The van der Waals surface area contributed by atoms with E-state index >= 15 is 0 Å². The maximum Gasteiger partial charge on any atom is 0.223 e. The number of nitrogens with one attached hydrogen (secondary N) is 1. The van der Waals surface area contributed by atoms with Gasteiger partial charge in [0.2, 0.25) is 5.91 Å². The van der Waals surface area contributed by atoms with Crippen LogP contribution in [0, 0.1) is 17.8 Å². The van der Waals surface area contributed by atoms with Crippen molar-refractivity contribution in [2.24, 2.45) is 23.5 Å². The topological polar surface area (TPSA) is 55.1 Å². The fraction of sp³-hybridized carbons (Fsp3) is 0.929. The second-order valence-corrected chi connectivity index (χ2v) is 6.43. The molecule has 0 aromatic carbocycles. The molecule has 104 valence electrons. The van der Waals surface area contributed by atoms with E-state index in [2.05, 4.69) is 5.32 Å². The van der Waals surface area contributed by atoms with Gasteiger partial charge in [-0.15, -0.1) is 12.4 Å². The maximum absolute atomic E-state index is 12.0. The number of amides is 1. The van der Waals surface area contributed by atoms with Crippen molar-refractivity contribution < 1.29 is 4.79 Å². The summed E-state index contributed by atoms with van der Waals surface area (Å²) < 4.78 is 0. The fourth-order valence-electron chi connectivity index (χ4n) is 4.02. The zero-order valence-corrected chi connectivity index (χ0v) is 11.8. The van der Waals surface area contributed by atoms with Gasteiger partial charge in [-0.05, 0) is 37.5 Å². The van der Waals surface area contributed by atoms with Crippen LogP contribution in [0.15, 0.2) is 0 Å². The predicted molar refractivity (Wildman–Crippen MR) is 74.6 cm³/mol. The first-order valence-electron chi connectivity index (χ1n) is 7.26. The molecule has 3 N–H and O–H groups in total. The Bertz CT molecular complexity index is 305. The molecule has 0 saturated heterocycles. The van der Waals surface area contributed by atoms with Crippen LogP contribution in [0.3, 0.4) is 0 Å². The standard InChI is InChI=1S/C14H24N2O.ClH/c15-14(7-2-1-3-8-14)9-16-13(17)12-10-5-4-6-11(10)12;/h10-12H,1-9,15H2,(H,16,17);1H. The number of rotatable bonds is 3. The first kappa shape index (κ1) is 14.1. The van der Waals surface area contributed by atoms with Crippen molar-refractivity contribution in [1.29, 1.82) is 0 Å². The van der Waals surface area contributed by atoms with E-state index in [1.807, 2.05) is 0 Å². The van der Waals surface area contributed by atoms with Crippen molar-refractivity contribution in [2.45, 2.75) is 56.9 Å². The smallest absolute Gasteiger partial charge is 0.223 e. The Hall–Kier alpha value is -0.280. The molecule has 0 aromatic heterocycles. The molecule has 0 aromatic rings. The SMILES string of the molecule is Cl.NC1(CNC(=O)C2C3CCCC32)CCCCC1. The number of hydrogen-bond acceptors (Lipinski definition) is 2. The molecule has 2 unspecified atom stereocenters. The van der Waals surface area contributed by atoms with Gasteiger partial charge in [0.1, 0.15) is 0 Å². The quantitative estimate of drug-likeness (QED) is 0.828. The monoisotopic (exact) mass is 272 g/mol. The molecule has 0 radical (unpaired) electrons. The predicted octanol–water partition coefficient (Wildman–Crippen LogP) is 2.23. The number of nitrogens with two attached hydrogens (primary N) is 1. The van der Waals surface area contributed by atoms with Crippen molar-refractivity contribution >= 4 is 18.3 Å². The summed E-state index contributed by atoms with van der Waals surface area (Å²) in [6, 6.07) is 0. The third kappa shape index (κ3) is 2.67. The summed E-state index contributed by atoms with van der Waals surface area (Å²) in [5.74, 6) is 2.07. The van der Waals surface area contributed by atoms with Crippen LogP contribution >= 0.6 is 12.4 Å². The van der Waals surface area contributed by atoms with Gasteiger partial charge in [-0.25, -0.2) is 0 Å². The van der Waals surface area contributed by atoms with Crippen LogP contribution in [-0.4, -0.2) is 18.0 Å². The van der Waals surface area contributed by atoms with Crippen LogP contribution in [-0.2, 0) is 4.79 Å². The molecule has 3 nitrogen and oxygen atoms in total. The van der Waals surface area contributed by atoms with Crippen LogP contribution in [0.2, 0.25) is 0 Å². The number of carbonyl (C=O) groups excluding carboxylic acids is 1. The number of fused-ring (bicyclic) bond motifs is 1. The van der Waals surface area contributed by atoms with E-state index in [9.17, 15) is 4.79 Å². The first-order valence-corrected chi connectivity index (χ1v) is 7.26. The number of carbonyl (C=O) groups is 1. The second-order valence-electron chi connectivity index (χ2n) is 6.43. The highest BCUT2D eigenvalue weighted by atomic mass is 35.5. The Morgan fingerprint density at radius 2 is 1.72 bits per heavy atom. The van der Waals surface area contributed by atoms with Crippen molar-refractivity contribution in [3.05, 3.63) is 0 Å². The van der Waals surface area contributed by atoms with E-state index in [1.54, 1.807) is 0 Å². The molecule has 4 heteroatoms. The lowest BCUT2D eigenvalue weighted by atomic mass is 9.82. The van der Waals surface area contributed by atoms with E-state index in [0.29, 0.717) is 12.5 Å². The van der Waals surface area contributed by atoms with E-state index in [1.165, 1.54) is 38.5 Å². The zero-order valence-electron chi connectivity index (χ0n) is 11.0. The van der Waals surface area contributed by atoms with Crippen molar-refractivity contribution in [1.82, 2.24) is 5.32 Å². The van der Waals surface area contributed by atoms with Crippen molar-refractivity contribution in [3.63, 3.8) is 0 Å². The molecular weight excluding hydrogens is 248 g/mol. The maximum atomic E-state index is 12.0. The highest BCUT2D eigenvalue weighted by Crippen LogP contribution is 2.57. The fourth-order valence-corrected chi connectivity index (χ4v) is 4.02. The highest BCUT2D eigenvalue weighted by Gasteiger charge is 2.56. The molecule has 0 spiro atoms. The molecule has 0 aliphatic heterocycles. The van der Waals surface area contributed by atoms with Gasteiger partial charge in [0.25, 0.3) is 0 Å². The first-order chi connectivity index (χ1) is 8.20. The van der Waals surface area contributed by atoms with Gasteiger partial charge in [0.05, 0.1) is 0 Å². The highest BCUT2D eigenvalue weighted by molar-refractivity contribution is 5.85. The van der Waals surface area contributed by atoms with Crippen molar-refractivity contribution in [2.75, 3.05) is 6.54 Å². The van der Waals surface area contributed by atoms with Gasteiger partial charge in [-0.1, -0.05) is 25.7 Å². The Morgan fingerprint density at radius 3 is 2.33 bits per heavy atom. The Kier molecular flexibility index (Phi) is 4.22. The van der Waals surface area contributed by atoms with Crippen molar-refractivity contribution in [3.8, 4) is 0 Å². The molecule has 3 aliphatic rings. The van der Waals surface area contributed by atoms with Gasteiger partial charge in [-0.2, -0.15) is 0 Å². The van der Waals surface area contributed by atoms with E-state index < -0.39 is 0 Å². The third-order valence-corrected chi connectivity index (χ3v) is 5.17. The molecular formula is C14H25ClN2O. The molecule has 2 atom stereocenters. The van der Waals surface area contributed by atoms with Crippen LogP contribution in [0.25, 0.3) is 0 Å². The molecule has 18 heavy (non-hydrogen) atoms. The summed E-state index contributed by atoms with van der Waals surface area (Å²) >= 11 is 0. The summed E-state index contributed by atoms with van der Waals surface area (Å²) in [5.41, 5.74) is 6.22. The number of halogens is 1. The van der Waals surface area contributed by atoms with E-state index in [4.69, 9.17) is 5.73 Å². The molecule has 3 fully saturated rings. The Balaban J connectivity index is 0.00000120. The summed E-state index contributed by atoms with van der Waals surface area (Å²) in [4.78, 5) is 12.0. The summed E-state index contributed by atoms with van der Waals surface area (Å²) in [6.07, 6.45) is 9.78. The Labute approximate surface area is 116 Å². The largest absolute Gasteiger partial charge is 0.354 e. The molecule has 0 bridgehead atoms. The normalized spacial score (nSPS) is 36.4. The lowest BCUT2D eigenvalue weighted by Crippen LogP contribution is -2.51. The summed E-state index contributed by atoms with van der Waals surface area (Å²) in [7, 11) is 0. The Morgan fingerprint density at radius 1 is 1.11 bits per heavy atom. The minimum Gasteiger partial charge on any atom is -0.354 e. The van der Waals surface area contributed by atoms with Gasteiger partial charge in [0, 0.05) is 18.0 Å². The van der Waals surface area contributed by atoms with E-state index in [-0.39, 0.29) is 23.9 Å². The zero-order chi connectivity index (χ0) is 11.9. The molecule has 0 heterocycles. The third-order valence-electron chi connectivity index (χ3n) is 5.17. The van der Waals surface area contributed by atoms with Gasteiger partial charge in [-0.3, -0.25) is 4.79 Å². The lowest BCUT2D eigenvalue weighted by Gasteiger charge is -2.33. The molecule has 3 aliphatic carbocycles. The van der Waals surface area contributed by atoms with Gasteiger partial charge >= 0.3 is 0 Å².